The van der Waals surface area contributed by atoms with Crippen LogP contribution < -0.4 is 10.2 Å². The highest BCUT2D eigenvalue weighted by Crippen LogP contribution is 2.29. The normalized spacial score (nSPS) is 20.3. The number of nitrogens with one attached hydrogen (secondary N) is 2. The highest BCUT2D eigenvalue weighted by molar-refractivity contribution is 7.91. The number of aryl methyl sites for hydroxylation is 1. The van der Waals surface area contributed by atoms with Crippen molar-refractivity contribution in [2.75, 3.05) is 31.6 Å². The van der Waals surface area contributed by atoms with E-state index in [2.05, 4.69) is 5.32 Å². The Bertz CT molecular complexity index is 796. The number of carbonyl (C=O) groups is 2. The molecule has 0 saturated carbocycles. The number of ketones is 1. The van der Waals surface area contributed by atoms with Crippen molar-refractivity contribution in [2.45, 2.75) is 46.2 Å². The summed E-state index contributed by atoms with van der Waals surface area (Å²) in [5.41, 5.74) is 2.34. The van der Waals surface area contributed by atoms with Crippen molar-refractivity contribution in [1.82, 2.24) is 9.88 Å². The Morgan fingerprint density at radius 2 is 1.96 bits per heavy atom. The number of aromatic nitrogens is 1. The second-order valence-corrected chi connectivity index (χ2v) is 9.90. The van der Waals surface area contributed by atoms with Crippen molar-refractivity contribution in [1.29, 1.82) is 0 Å². The maximum absolute atomic E-state index is 12.7. The molecule has 26 heavy (non-hydrogen) atoms. The quantitative estimate of drug-likeness (QED) is 0.631. The van der Waals surface area contributed by atoms with Crippen molar-refractivity contribution in [3.8, 4) is 0 Å². The van der Waals surface area contributed by atoms with E-state index in [1.165, 1.54) is 0 Å². The lowest BCUT2D eigenvalue weighted by molar-refractivity contribution is -0.862. The van der Waals surface area contributed by atoms with Crippen molar-refractivity contribution < 1.29 is 22.9 Å². The Kier molecular flexibility index (Phi) is 6.29. The first-order valence-corrected chi connectivity index (χ1v) is 10.8. The molecule has 8 heteroatoms. The lowest BCUT2D eigenvalue weighted by Gasteiger charge is -2.17. The number of sulfone groups is 1. The highest BCUT2D eigenvalue weighted by atomic mass is 32.2. The van der Waals surface area contributed by atoms with Crippen LogP contribution in [0, 0.1) is 13.8 Å². The first kappa shape index (κ1) is 20.6. The van der Waals surface area contributed by atoms with Gasteiger partial charge in [-0.05, 0) is 40.2 Å². The van der Waals surface area contributed by atoms with Gasteiger partial charge in [0.2, 0.25) is 5.78 Å². The molecule has 1 unspecified atom stereocenters. The van der Waals surface area contributed by atoms with Gasteiger partial charge in [-0.3, -0.25) is 9.59 Å². The van der Waals surface area contributed by atoms with E-state index in [-0.39, 0.29) is 48.4 Å². The monoisotopic (exact) mass is 384 g/mol. The Labute approximate surface area is 155 Å². The molecule has 7 nitrogen and oxygen atoms in total. The zero-order valence-electron chi connectivity index (χ0n) is 16.3. The number of carbonyl (C=O) groups excluding carboxylic acids is 2. The van der Waals surface area contributed by atoms with Crippen molar-refractivity contribution >= 4 is 21.5 Å². The molecule has 1 aliphatic heterocycles. The number of amides is 1. The summed E-state index contributed by atoms with van der Waals surface area (Å²) in [7, 11) is -1.16. The molecular weight excluding hydrogens is 354 g/mol. The topological polar surface area (TPSA) is 89.7 Å². The van der Waals surface area contributed by atoms with Crippen molar-refractivity contribution in [2.24, 2.45) is 0 Å². The fraction of sp³-hybridized carbons (Fsp3) is 0.667. The van der Waals surface area contributed by atoms with Crippen molar-refractivity contribution in [3.63, 3.8) is 0 Å². The maximum Gasteiger partial charge on any atom is 0.275 e. The molecule has 1 aliphatic rings. The zero-order valence-corrected chi connectivity index (χ0v) is 17.1. The Morgan fingerprint density at radius 3 is 2.50 bits per heavy atom. The van der Waals surface area contributed by atoms with E-state index in [1.807, 2.05) is 45.4 Å². The maximum atomic E-state index is 12.7. The second kappa shape index (κ2) is 7.92. The van der Waals surface area contributed by atoms with E-state index in [0.717, 1.165) is 16.3 Å². The van der Waals surface area contributed by atoms with Crippen LogP contribution in [0.4, 0.5) is 0 Å². The van der Waals surface area contributed by atoms with Crippen LogP contribution in [0.2, 0.25) is 0 Å². The minimum absolute atomic E-state index is 0.0277. The Balaban J connectivity index is 2.08. The Hall–Kier alpha value is -1.67. The third kappa shape index (κ3) is 4.94. The number of nitrogens with zero attached hydrogens (tertiary/aromatic N) is 1. The summed E-state index contributed by atoms with van der Waals surface area (Å²) in [6.07, 6.45) is 0.590. The predicted octanol–water partition coefficient (Wildman–Crippen LogP) is -0.313. The summed E-state index contributed by atoms with van der Waals surface area (Å²) in [4.78, 5) is 25.4. The number of Topliss-reactive ketones (excluding diaryl/α,β-unsaturated/α-hetero) is 1. The first-order valence-electron chi connectivity index (χ1n) is 9.03. The van der Waals surface area contributed by atoms with Crippen LogP contribution in [0.3, 0.4) is 0 Å². The molecule has 1 amide bonds. The predicted molar refractivity (Wildman–Crippen MR) is 100 cm³/mol. The van der Waals surface area contributed by atoms with Crippen LogP contribution in [0.25, 0.3) is 0 Å². The van der Waals surface area contributed by atoms with Crippen LogP contribution in [0.15, 0.2) is 6.07 Å². The molecule has 146 valence electrons. The fourth-order valence-corrected chi connectivity index (χ4v) is 5.38. The van der Waals surface area contributed by atoms with E-state index < -0.39 is 9.84 Å². The molecule has 1 aromatic heterocycles. The van der Waals surface area contributed by atoms with Gasteiger partial charge in [-0.1, -0.05) is 0 Å². The van der Waals surface area contributed by atoms with E-state index >= 15 is 0 Å². The highest BCUT2D eigenvalue weighted by Gasteiger charge is 2.32. The molecule has 0 bridgehead atoms. The zero-order chi connectivity index (χ0) is 19.6. The van der Waals surface area contributed by atoms with Crippen LogP contribution in [0.1, 0.15) is 48.1 Å². The smallest absolute Gasteiger partial charge is 0.275 e. The van der Waals surface area contributed by atoms with E-state index in [9.17, 15) is 18.0 Å². The van der Waals surface area contributed by atoms with Gasteiger partial charge in [-0.25, -0.2) is 8.42 Å². The second-order valence-electron chi connectivity index (χ2n) is 7.67. The fourth-order valence-electron chi connectivity index (χ4n) is 3.68. The molecule has 0 aliphatic carbocycles. The molecule has 1 saturated heterocycles. The summed E-state index contributed by atoms with van der Waals surface area (Å²) in [5, 5.41) is 2.82. The van der Waals surface area contributed by atoms with Crippen LogP contribution in [-0.4, -0.2) is 62.4 Å². The van der Waals surface area contributed by atoms with Gasteiger partial charge in [0.05, 0.1) is 18.6 Å². The molecule has 2 atom stereocenters. The van der Waals surface area contributed by atoms with Crippen LogP contribution >= 0.6 is 0 Å². The molecule has 0 radical (unpaired) electrons. The van der Waals surface area contributed by atoms with Gasteiger partial charge in [-0.15, -0.1) is 0 Å². The average molecular weight is 385 g/mol. The summed E-state index contributed by atoms with van der Waals surface area (Å²) in [5.74, 6) is 0.236. The lowest BCUT2D eigenvalue weighted by Crippen LogP contribution is -3.11. The number of quaternary nitrogens is 1. The SMILES string of the molecule is Cc1cc(C(=O)C[NH+](C)CC(=O)NC(C)C)c(C)n1[C@@H]1CCS(=O)(=O)C1. The van der Waals surface area contributed by atoms with Crippen LogP contribution in [0.5, 0.6) is 0 Å². The number of hydrogen-bond acceptors (Lipinski definition) is 4. The van der Waals surface area contributed by atoms with Gasteiger partial charge in [0, 0.05) is 29.0 Å². The number of likely N-dealkylation sites (N-methyl/N-ethyl adjacent to an activating group) is 1. The molecule has 2 N–H and O–H groups in total. The minimum Gasteiger partial charge on any atom is -0.349 e. The summed E-state index contributed by atoms with van der Waals surface area (Å²) in [6.45, 7) is 8.03. The Morgan fingerprint density at radius 1 is 1.31 bits per heavy atom. The van der Waals surface area contributed by atoms with E-state index in [1.54, 1.807) is 0 Å². The number of rotatable bonds is 7. The van der Waals surface area contributed by atoms with Gasteiger partial charge in [0.15, 0.2) is 16.4 Å². The molecule has 2 rings (SSSR count). The number of hydrogen-bond donors (Lipinski definition) is 2. The summed E-state index contributed by atoms with van der Waals surface area (Å²) >= 11 is 0. The summed E-state index contributed by atoms with van der Waals surface area (Å²) < 4.78 is 25.5. The van der Waals surface area contributed by atoms with Gasteiger partial charge in [0.25, 0.3) is 5.91 Å². The summed E-state index contributed by atoms with van der Waals surface area (Å²) in [6, 6.07) is 1.82. The minimum atomic E-state index is -2.98. The molecule has 0 aromatic carbocycles. The van der Waals surface area contributed by atoms with Crippen molar-refractivity contribution in [3.05, 3.63) is 23.0 Å². The third-order valence-corrected chi connectivity index (χ3v) is 6.48. The molecular formula is C18H30N3O4S+. The molecule has 1 fully saturated rings. The lowest BCUT2D eigenvalue weighted by atomic mass is 10.1. The van der Waals surface area contributed by atoms with Gasteiger partial charge in [0.1, 0.15) is 6.54 Å². The van der Waals surface area contributed by atoms with E-state index in [0.29, 0.717) is 12.0 Å². The van der Waals surface area contributed by atoms with E-state index in [4.69, 9.17) is 0 Å². The van der Waals surface area contributed by atoms with Gasteiger partial charge in [-0.2, -0.15) is 0 Å². The van der Waals surface area contributed by atoms with Gasteiger partial charge < -0.3 is 14.8 Å². The standard InChI is InChI=1S/C18H29N3O4S/c1-12(2)19-18(23)10-20(5)9-17(22)16-8-13(3)21(14(16)4)15-6-7-26(24,25)11-15/h8,12,15H,6-7,9-11H2,1-5H3,(H,19,23)/p+1/t15-/m1/s1. The van der Waals surface area contributed by atoms with Crippen LogP contribution in [-0.2, 0) is 14.6 Å². The van der Waals surface area contributed by atoms with Gasteiger partial charge >= 0.3 is 0 Å². The first-order chi connectivity index (χ1) is 12.0. The molecule has 0 spiro atoms. The molecule has 2 heterocycles. The average Bonchev–Trinajstić information content (AvgIpc) is 2.96. The molecule has 1 aromatic rings. The third-order valence-electron chi connectivity index (χ3n) is 4.73. The largest absolute Gasteiger partial charge is 0.349 e.